The van der Waals surface area contributed by atoms with Crippen molar-refractivity contribution in [2.75, 3.05) is 12.8 Å². The maximum absolute atomic E-state index is 10.4. The Bertz CT molecular complexity index is 332. The Morgan fingerprint density at radius 1 is 1.77 bits per heavy atom. The predicted molar refractivity (Wildman–Crippen MR) is 46.9 cm³/mol. The van der Waals surface area contributed by atoms with Gasteiger partial charge in [0.25, 0.3) is 0 Å². The van der Waals surface area contributed by atoms with Crippen LogP contribution in [0.2, 0.25) is 5.15 Å². The van der Waals surface area contributed by atoms with E-state index in [-0.39, 0.29) is 16.7 Å². The van der Waals surface area contributed by atoms with Gasteiger partial charge in [-0.2, -0.15) is 4.98 Å². The van der Waals surface area contributed by atoms with E-state index in [0.717, 1.165) is 0 Å². The highest BCUT2D eigenvalue weighted by Crippen LogP contribution is 2.31. The van der Waals surface area contributed by atoms with Crippen LogP contribution < -0.4 is 10.5 Å². The number of hydrogen-bond acceptors (Lipinski definition) is 5. The predicted octanol–water partition coefficient (Wildman–Crippen LogP) is 1.23. The zero-order valence-electron chi connectivity index (χ0n) is 6.65. The Kier molecular flexibility index (Phi) is 2.52. The van der Waals surface area contributed by atoms with Gasteiger partial charge in [0, 0.05) is 6.07 Å². The summed E-state index contributed by atoms with van der Waals surface area (Å²) in [5.41, 5.74) is 4.88. The van der Waals surface area contributed by atoms with Crippen molar-refractivity contribution in [2.24, 2.45) is 0 Å². The molecule has 1 aromatic heterocycles. The molecule has 13 heavy (non-hydrogen) atoms. The number of hydrogen-bond donors (Lipinski definition) is 1. The second-order valence-corrected chi connectivity index (χ2v) is 2.51. The quantitative estimate of drug-likeness (QED) is 0.444. The Morgan fingerprint density at radius 3 is 2.77 bits per heavy atom. The van der Waals surface area contributed by atoms with Crippen LogP contribution in [0.15, 0.2) is 6.07 Å². The number of aromatic nitrogens is 1. The van der Waals surface area contributed by atoms with Crippen molar-refractivity contribution >= 4 is 23.0 Å². The highest BCUT2D eigenvalue weighted by molar-refractivity contribution is 6.32. The summed E-state index contributed by atoms with van der Waals surface area (Å²) < 4.78 is 4.71. The van der Waals surface area contributed by atoms with Crippen LogP contribution in [0.1, 0.15) is 0 Å². The molecule has 0 aliphatic heterocycles. The van der Waals surface area contributed by atoms with E-state index >= 15 is 0 Å². The first kappa shape index (κ1) is 9.53. The van der Waals surface area contributed by atoms with E-state index in [2.05, 4.69) is 4.98 Å². The fourth-order valence-electron chi connectivity index (χ4n) is 0.788. The topological polar surface area (TPSA) is 91.3 Å². The number of ether oxygens (including phenoxy) is 1. The molecule has 0 saturated heterocycles. The summed E-state index contributed by atoms with van der Waals surface area (Å²) in [7, 11) is 1.37. The molecule has 0 spiro atoms. The van der Waals surface area contributed by atoms with Gasteiger partial charge in [-0.1, -0.05) is 11.6 Å². The van der Waals surface area contributed by atoms with E-state index in [1.165, 1.54) is 13.2 Å². The molecule has 0 bridgehead atoms. The van der Waals surface area contributed by atoms with E-state index in [9.17, 15) is 10.1 Å². The molecule has 70 valence electrons. The van der Waals surface area contributed by atoms with Gasteiger partial charge >= 0.3 is 5.69 Å². The summed E-state index contributed by atoms with van der Waals surface area (Å²) in [6.07, 6.45) is 0. The van der Waals surface area contributed by atoms with Crippen LogP contribution in [0, 0.1) is 10.1 Å². The lowest BCUT2D eigenvalue weighted by molar-refractivity contribution is -0.384. The molecule has 1 heterocycles. The molecule has 0 atom stereocenters. The summed E-state index contributed by atoms with van der Waals surface area (Å²) in [6, 6.07) is 1.24. The summed E-state index contributed by atoms with van der Waals surface area (Å²) >= 11 is 5.50. The standard InChI is InChI=1S/C6H6ClN3O3/c1-13-4-2-3(8)5(10(11)12)6(7)9-4/h2H,1H3,(H2,8,9). The van der Waals surface area contributed by atoms with Crippen LogP contribution in [0.3, 0.4) is 0 Å². The summed E-state index contributed by atoms with van der Waals surface area (Å²) in [4.78, 5) is 13.3. The minimum absolute atomic E-state index is 0.0677. The van der Waals surface area contributed by atoms with Gasteiger partial charge in [0.1, 0.15) is 5.69 Å². The summed E-state index contributed by atoms with van der Waals surface area (Å²) in [5.74, 6) is 0.146. The molecule has 0 aromatic carbocycles. The Balaban J connectivity index is 3.31. The molecule has 2 N–H and O–H groups in total. The summed E-state index contributed by atoms with van der Waals surface area (Å²) in [5, 5.41) is 10.1. The zero-order chi connectivity index (χ0) is 10.0. The smallest absolute Gasteiger partial charge is 0.329 e. The molecule has 0 saturated carbocycles. The van der Waals surface area contributed by atoms with Crippen molar-refractivity contribution in [2.45, 2.75) is 0 Å². The second kappa shape index (κ2) is 3.44. The first-order chi connectivity index (χ1) is 6.06. The monoisotopic (exact) mass is 203 g/mol. The van der Waals surface area contributed by atoms with Crippen LogP contribution in [0.25, 0.3) is 0 Å². The Labute approximate surface area is 78.4 Å². The maximum atomic E-state index is 10.4. The van der Waals surface area contributed by atoms with Crippen LogP contribution in [-0.4, -0.2) is 17.0 Å². The van der Waals surface area contributed by atoms with Gasteiger partial charge in [0.2, 0.25) is 11.0 Å². The normalized spacial score (nSPS) is 9.69. The molecule has 0 fully saturated rings. The second-order valence-electron chi connectivity index (χ2n) is 2.15. The van der Waals surface area contributed by atoms with Crippen molar-refractivity contribution in [3.8, 4) is 5.88 Å². The number of rotatable bonds is 2. The van der Waals surface area contributed by atoms with Gasteiger partial charge in [0.05, 0.1) is 12.0 Å². The third kappa shape index (κ3) is 1.78. The Morgan fingerprint density at radius 2 is 2.38 bits per heavy atom. The highest BCUT2D eigenvalue weighted by atomic mass is 35.5. The molecule has 0 unspecified atom stereocenters. The van der Waals surface area contributed by atoms with Crippen molar-refractivity contribution in [3.05, 3.63) is 21.3 Å². The van der Waals surface area contributed by atoms with Crippen molar-refractivity contribution in [1.82, 2.24) is 4.98 Å². The lowest BCUT2D eigenvalue weighted by Gasteiger charge is -2.01. The van der Waals surface area contributed by atoms with Gasteiger partial charge in [-0.15, -0.1) is 0 Å². The number of anilines is 1. The number of methoxy groups -OCH3 is 1. The third-order valence-electron chi connectivity index (χ3n) is 1.35. The fraction of sp³-hybridized carbons (Fsp3) is 0.167. The van der Waals surface area contributed by atoms with Gasteiger partial charge < -0.3 is 10.5 Å². The van der Waals surface area contributed by atoms with Crippen LogP contribution in [0.4, 0.5) is 11.4 Å². The van der Waals surface area contributed by atoms with Crippen LogP contribution in [0.5, 0.6) is 5.88 Å². The minimum atomic E-state index is -0.690. The van der Waals surface area contributed by atoms with Crippen LogP contribution >= 0.6 is 11.6 Å². The number of nitrogens with two attached hydrogens (primary N) is 1. The molecule has 0 amide bonds. The third-order valence-corrected chi connectivity index (χ3v) is 1.61. The largest absolute Gasteiger partial charge is 0.481 e. The van der Waals surface area contributed by atoms with E-state index < -0.39 is 10.6 Å². The molecule has 1 aromatic rings. The number of pyridine rings is 1. The minimum Gasteiger partial charge on any atom is -0.481 e. The zero-order valence-corrected chi connectivity index (χ0v) is 7.41. The van der Waals surface area contributed by atoms with Crippen LogP contribution in [-0.2, 0) is 0 Å². The average Bonchev–Trinajstić information content (AvgIpc) is 2.02. The molecule has 0 radical (unpaired) electrons. The highest BCUT2D eigenvalue weighted by Gasteiger charge is 2.19. The van der Waals surface area contributed by atoms with Gasteiger partial charge in [-0.05, 0) is 0 Å². The maximum Gasteiger partial charge on any atom is 0.329 e. The molecular formula is C6H6ClN3O3. The molecular weight excluding hydrogens is 198 g/mol. The Hall–Kier alpha value is -1.56. The number of nitrogen functional groups attached to an aromatic ring is 1. The fourth-order valence-corrected chi connectivity index (χ4v) is 1.05. The molecule has 6 nitrogen and oxygen atoms in total. The molecule has 7 heteroatoms. The first-order valence-electron chi connectivity index (χ1n) is 3.20. The van der Waals surface area contributed by atoms with Gasteiger partial charge in [-0.3, -0.25) is 10.1 Å². The first-order valence-corrected chi connectivity index (χ1v) is 3.58. The lowest BCUT2D eigenvalue weighted by atomic mass is 10.3. The molecule has 0 aliphatic carbocycles. The van der Waals surface area contributed by atoms with Gasteiger partial charge in [-0.25, -0.2) is 0 Å². The van der Waals surface area contributed by atoms with E-state index in [4.69, 9.17) is 22.1 Å². The van der Waals surface area contributed by atoms with Crippen molar-refractivity contribution in [1.29, 1.82) is 0 Å². The number of nitrogens with zero attached hydrogens (tertiary/aromatic N) is 2. The molecule has 0 aliphatic rings. The van der Waals surface area contributed by atoms with E-state index in [0.29, 0.717) is 0 Å². The molecule has 1 rings (SSSR count). The van der Waals surface area contributed by atoms with E-state index in [1.54, 1.807) is 0 Å². The van der Waals surface area contributed by atoms with Gasteiger partial charge in [0.15, 0.2) is 0 Å². The summed E-state index contributed by atoms with van der Waals surface area (Å²) in [6.45, 7) is 0. The lowest BCUT2D eigenvalue weighted by Crippen LogP contribution is -1.99. The number of nitro groups is 1. The van der Waals surface area contributed by atoms with E-state index in [1.807, 2.05) is 0 Å². The average molecular weight is 204 g/mol. The van der Waals surface area contributed by atoms with Crippen molar-refractivity contribution < 1.29 is 9.66 Å². The number of halogens is 1. The van der Waals surface area contributed by atoms with Crippen molar-refractivity contribution in [3.63, 3.8) is 0 Å². The SMILES string of the molecule is COc1cc(N)c([N+](=O)[O-])c(Cl)n1.